The Morgan fingerprint density at radius 1 is 1.07 bits per heavy atom. The molecule has 1 fully saturated rings. The molecule has 1 aliphatic rings. The van der Waals surface area contributed by atoms with Crippen molar-refractivity contribution in [3.8, 4) is 0 Å². The number of rotatable bonds is 4. The summed E-state index contributed by atoms with van der Waals surface area (Å²) in [6.07, 6.45) is 6.13. The summed E-state index contributed by atoms with van der Waals surface area (Å²) in [5.74, 6) is 0. The summed E-state index contributed by atoms with van der Waals surface area (Å²) in [6, 6.07) is 15.2. The summed E-state index contributed by atoms with van der Waals surface area (Å²) < 4.78 is 0. The van der Waals surface area contributed by atoms with Crippen LogP contribution in [-0.4, -0.2) is 28.2 Å². The van der Waals surface area contributed by atoms with E-state index in [4.69, 9.17) is 11.6 Å². The van der Waals surface area contributed by atoms with Gasteiger partial charge in [0.25, 0.3) is 0 Å². The van der Waals surface area contributed by atoms with E-state index in [9.17, 15) is 0 Å². The second-order valence-electron chi connectivity index (χ2n) is 7.08. The molecule has 1 aromatic heterocycles. The molecule has 0 bridgehead atoms. The van der Waals surface area contributed by atoms with Gasteiger partial charge in [-0.05, 0) is 62.0 Å². The third kappa shape index (κ3) is 5.17. The van der Waals surface area contributed by atoms with E-state index in [1.54, 1.807) is 0 Å². The van der Waals surface area contributed by atoms with Crippen molar-refractivity contribution in [1.29, 1.82) is 0 Å². The molecule has 0 aliphatic carbocycles. The van der Waals surface area contributed by atoms with E-state index < -0.39 is 0 Å². The van der Waals surface area contributed by atoms with Gasteiger partial charge in [-0.25, -0.2) is 0 Å². The normalized spacial score (nSPS) is 15.6. The SMILES string of the molecule is Cc1ccc(CN2CCC(Sc3cc4ccncc4cc3Cl)CC2)cc1.Cl. The zero-order valence-corrected chi connectivity index (χ0v) is 17.8. The van der Waals surface area contributed by atoms with Gasteiger partial charge in [-0.15, -0.1) is 24.2 Å². The number of fused-ring (bicyclic) bond motifs is 1. The second kappa shape index (κ2) is 9.29. The number of thioether (sulfide) groups is 1. The average Bonchev–Trinajstić information content (AvgIpc) is 2.66. The van der Waals surface area contributed by atoms with Gasteiger partial charge in [0.1, 0.15) is 0 Å². The van der Waals surface area contributed by atoms with Gasteiger partial charge in [-0.1, -0.05) is 41.4 Å². The monoisotopic (exact) mass is 418 g/mol. The van der Waals surface area contributed by atoms with Crippen LogP contribution in [0.3, 0.4) is 0 Å². The molecule has 1 saturated heterocycles. The van der Waals surface area contributed by atoms with Crippen LogP contribution in [0.2, 0.25) is 5.02 Å². The van der Waals surface area contributed by atoms with Gasteiger partial charge >= 0.3 is 0 Å². The van der Waals surface area contributed by atoms with Crippen molar-refractivity contribution in [2.75, 3.05) is 13.1 Å². The van der Waals surface area contributed by atoms with Gasteiger partial charge in [0, 0.05) is 34.5 Å². The fraction of sp³-hybridized carbons (Fsp3) is 0.318. The molecule has 0 spiro atoms. The van der Waals surface area contributed by atoms with Crippen LogP contribution in [0.5, 0.6) is 0 Å². The lowest BCUT2D eigenvalue weighted by Crippen LogP contribution is -2.34. The molecular formula is C22H24Cl2N2S. The van der Waals surface area contributed by atoms with Crippen LogP contribution in [-0.2, 0) is 6.54 Å². The maximum absolute atomic E-state index is 6.51. The van der Waals surface area contributed by atoms with Crippen molar-refractivity contribution < 1.29 is 0 Å². The number of pyridine rings is 1. The average molecular weight is 419 g/mol. The Kier molecular flexibility index (Phi) is 7.04. The Morgan fingerprint density at radius 2 is 1.81 bits per heavy atom. The van der Waals surface area contributed by atoms with E-state index in [0.717, 1.165) is 30.0 Å². The van der Waals surface area contributed by atoms with E-state index in [2.05, 4.69) is 53.2 Å². The fourth-order valence-corrected chi connectivity index (χ4v) is 4.97. The zero-order chi connectivity index (χ0) is 17.9. The summed E-state index contributed by atoms with van der Waals surface area (Å²) >= 11 is 8.45. The summed E-state index contributed by atoms with van der Waals surface area (Å²) in [5, 5.41) is 3.80. The highest BCUT2D eigenvalue weighted by Gasteiger charge is 2.21. The fourth-order valence-electron chi connectivity index (χ4n) is 3.49. The van der Waals surface area contributed by atoms with Gasteiger partial charge in [-0.2, -0.15) is 0 Å². The molecule has 142 valence electrons. The lowest BCUT2D eigenvalue weighted by atomic mass is 10.1. The molecule has 0 unspecified atom stereocenters. The summed E-state index contributed by atoms with van der Waals surface area (Å²) in [7, 11) is 0. The minimum Gasteiger partial charge on any atom is -0.299 e. The van der Waals surface area contributed by atoms with E-state index in [0.29, 0.717) is 5.25 Å². The number of benzene rings is 2. The van der Waals surface area contributed by atoms with Gasteiger partial charge in [0.05, 0.1) is 5.02 Å². The molecule has 0 atom stereocenters. The van der Waals surface area contributed by atoms with Crippen molar-refractivity contribution in [3.63, 3.8) is 0 Å². The maximum Gasteiger partial charge on any atom is 0.0548 e. The van der Waals surface area contributed by atoms with E-state index >= 15 is 0 Å². The highest BCUT2D eigenvalue weighted by atomic mass is 35.5. The smallest absolute Gasteiger partial charge is 0.0548 e. The molecule has 4 rings (SSSR count). The molecule has 1 aliphatic heterocycles. The molecule has 27 heavy (non-hydrogen) atoms. The molecule has 5 heteroatoms. The summed E-state index contributed by atoms with van der Waals surface area (Å²) in [5.41, 5.74) is 2.74. The van der Waals surface area contributed by atoms with Crippen LogP contribution >= 0.6 is 35.8 Å². The van der Waals surface area contributed by atoms with Crippen molar-refractivity contribution in [2.24, 2.45) is 0 Å². The van der Waals surface area contributed by atoms with E-state index in [-0.39, 0.29) is 12.4 Å². The topological polar surface area (TPSA) is 16.1 Å². The van der Waals surface area contributed by atoms with Gasteiger partial charge in [-0.3, -0.25) is 9.88 Å². The highest BCUT2D eigenvalue weighted by molar-refractivity contribution is 8.00. The Balaban J connectivity index is 0.00000210. The Bertz CT molecular complexity index is 890. The molecule has 0 saturated carbocycles. The molecule has 2 nitrogen and oxygen atoms in total. The lowest BCUT2D eigenvalue weighted by molar-refractivity contribution is 0.225. The number of aryl methyl sites for hydroxylation is 1. The molecule has 0 amide bonds. The summed E-state index contributed by atoms with van der Waals surface area (Å²) in [6.45, 7) is 5.50. The number of aromatic nitrogens is 1. The largest absolute Gasteiger partial charge is 0.299 e. The van der Waals surface area contributed by atoms with Crippen molar-refractivity contribution >= 4 is 46.5 Å². The van der Waals surface area contributed by atoms with E-state index in [1.165, 1.54) is 34.3 Å². The maximum atomic E-state index is 6.51. The van der Waals surface area contributed by atoms with Crippen molar-refractivity contribution in [2.45, 2.75) is 36.5 Å². The van der Waals surface area contributed by atoms with Crippen LogP contribution in [0.15, 0.2) is 59.8 Å². The third-order valence-corrected chi connectivity index (χ3v) is 6.87. The van der Waals surface area contributed by atoms with Crippen LogP contribution in [0, 0.1) is 6.92 Å². The molecular weight excluding hydrogens is 395 g/mol. The first-order valence-corrected chi connectivity index (χ1v) is 10.4. The number of nitrogens with zero attached hydrogens (tertiary/aromatic N) is 2. The van der Waals surface area contributed by atoms with Crippen LogP contribution in [0.4, 0.5) is 0 Å². The molecule has 2 aromatic carbocycles. The number of hydrogen-bond acceptors (Lipinski definition) is 3. The van der Waals surface area contributed by atoms with Crippen LogP contribution in [0.1, 0.15) is 24.0 Å². The quantitative estimate of drug-likeness (QED) is 0.489. The van der Waals surface area contributed by atoms with Gasteiger partial charge in [0.2, 0.25) is 0 Å². The minimum absolute atomic E-state index is 0. The number of piperidine rings is 1. The minimum atomic E-state index is 0. The highest BCUT2D eigenvalue weighted by Crippen LogP contribution is 2.37. The van der Waals surface area contributed by atoms with E-state index in [1.807, 2.05) is 30.2 Å². The number of hydrogen-bond donors (Lipinski definition) is 0. The summed E-state index contributed by atoms with van der Waals surface area (Å²) in [4.78, 5) is 7.94. The lowest BCUT2D eigenvalue weighted by Gasteiger charge is -2.31. The Hall–Kier alpha value is -1.26. The van der Waals surface area contributed by atoms with Gasteiger partial charge < -0.3 is 0 Å². The molecule has 0 radical (unpaired) electrons. The number of halogens is 2. The first-order chi connectivity index (χ1) is 12.7. The standard InChI is InChI=1S/C22H23ClN2S.ClH/c1-16-2-4-17(5-3-16)15-25-10-7-20(8-11-25)26-22-13-18-6-9-24-14-19(18)12-21(22)23;/h2-6,9,12-14,20H,7-8,10-11,15H2,1H3;1H. The van der Waals surface area contributed by atoms with Gasteiger partial charge in [0.15, 0.2) is 0 Å². The van der Waals surface area contributed by atoms with Crippen molar-refractivity contribution in [3.05, 3.63) is 71.0 Å². The van der Waals surface area contributed by atoms with Crippen LogP contribution < -0.4 is 0 Å². The predicted octanol–water partition coefficient (Wildman–Crippen LogP) is 6.38. The first kappa shape index (κ1) is 20.5. The van der Waals surface area contributed by atoms with Crippen LogP contribution in [0.25, 0.3) is 10.8 Å². The molecule has 3 aromatic rings. The molecule has 2 heterocycles. The molecule has 0 N–H and O–H groups in total. The second-order valence-corrected chi connectivity index (χ2v) is 8.83. The Labute approximate surface area is 176 Å². The predicted molar refractivity (Wildman–Crippen MR) is 119 cm³/mol. The zero-order valence-electron chi connectivity index (χ0n) is 15.4. The first-order valence-electron chi connectivity index (χ1n) is 9.15. The van der Waals surface area contributed by atoms with Crippen molar-refractivity contribution in [1.82, 2.24) is 9.88 Å². The Morgan fingerprint density at radius 3 is 2.56 bits per heavy atom. The third-order valence-electron chi connectivity index (χ3n) is 5.05. The number of likely N-dealkylation sites (tertiary alicyclic amines) is 1.